The summed E-state index contributed by atoms with van der Waals surface area (Å²) in [6.45, 7) is 4.72. The van der Waals surface area contributed by atoms with Gasteiger partial charge in [0.25, 0.3) is 0 Å². The van der Waals surface area contributed by atoms with Gasteiger partial charge < -0.3 is 15.3 Å². The highest BCUT2D eigenvalue weighted by Crippen LogP contribution is 2.59. The van der Waals surface area contributed by atoms with E-state index in [2.05, 4.69) is 13.8 Å². The standard InChI is InChI=1S/C15H26O3/c1-14(10-18)6-3-7-15(2)12(9-17)11(8-16)4-5-13(14)15/h13,16-18H,3-10H2,1-2H3/t13-,14+,15-/m0/s1. The molecule has 0 unspecified atom stereocenters. The van der Waals surface area contributed by atoms with Crippen LogP contribution in [-0.2, 0) is 0 Å². The van der Waals surface area contributed by atoms with Crippen LogP contribution in [0.15, 0.2) is 11.1 Å². The van der Waals surface area contributed by atoms with Crippen molar-refractivity contribution in [1.82, 2.24) is 0 Å². The van der Waals surface area contributed by atoms with E-state index in [0.29, 0.717) is 5.92 Å². The Bertz CT molecular complexity index is 350. The molecule has 0 bridgehead atoms. The normalized spacial score (nSPS) is 40.8. The van der Waals surface area contributed by atoms with Crippen molar-refractivity contribution in [2.75, 3.05) is 19.8 Å². The maximum atomic E-state index is 9.76. The first-order valence-electron chi connectivity index (χ1n) is 7.06. The summed E-state index contributed by atoms with van der Waals surface area (Å²) in [5.74, 6) is 0.418. The lowest BCUT2D eigenvalue weighted by molar-refractivity contribution is -0.0424. The summed E-state index contributed by atoms with van der Waals surface area (Å²) < 4.78 is 0. The fraction of sp³-hybridized carbons (Fsp3) is 0.867. The molecule has 2 rings (SSSR count). The Kier molecular flexibility index (Phi) is 3.86. The third-order valence-corrected chi connectivity index (χ3v) is 5.62. The van der Waals surface area contributed by atoms with Crippen molar-refractivity contribution >= 4 is 0 Å². The molecule has 3 heteroatoms. The lowest BCUT2D eigenvalue weighted by atomic mass is 9.50. The zero-order chi connectivity index (χ0) is 13.4. The minimum atomic E-state index is -0.0409. The zero-order valence-electron chi connectivity index (χ0n) is 11.6. The maximum Gasteiger partial charge on any atom is 0.0650 e. The van der Waals surface area contributed by atoms with Crippen LogP contribution in [0.4, 0.5) is 0 Å². The van der Waals surface area contributed by atoms with Gasteiger partial charge in [-0.15, -0.1) is 0 Å². The predicted octanol–water partition coefficient (Wildman–Crippen LogP) is 1.87. The number of fused-ring (bicyclic) bond motifs is 1. The van der Waals surface area contributed by atoms with E-state index in [4.69, 9.17) is 0 Å². The van der Waals surface area contributed by atoms with E-state index in [0.717, 1.165) is 43.3 Å². The lowest BCUT2D eigenvalue weighted by Gasteiger charge is -2.55. The molecule has 0 aromatic rings. The van der Waals surface area contributed by atoms with Crippen molar-refractivity contribution in [2.45, 2.75) is 46.0 Å². The topological polar surface area (TPSA) is 60.7 Å². The fourth-order valence-corrected chi connectivity index (χ4v) is 4.53. The molecule has 3 atom stereocenters. The molecular weight excluding hydrogens is 228 g/mol. The van der Waals surface area contributed by atoms with Crippen LogP contribution in [0, 0.1) is 16.7 Å². The SMILES string of the molecule is C[C@]1(CO)CCC[C@@]2(C)C(CO)=C(CO)CC[C@@H]12. The molecule has 104 valence electrons. The van der Waals surface area contributed by atoms with Gasteiger partial charge in [-0.2, -0.15) is 0 Å². The number of rotatable bonds is 3. The third-order valence-electron chi connectivity index (χ3n) is 5.62. The first-order chi connectivity index (χ1) is 8.51. The van der Waals surface area contributed by atoms with Crippen LogP contribution in [0.2, 0.25) is 0 Å². The Morgan fingerprint density at radius 1 is 1.11 bits per heavy atom. The molecule has 0 saturated heterocycles. The van der Waals surface area contributed by atoms with Crippen molar-refractivity contribution in [3.05, 3.63) is 11.1 Å². The van der Waals surface area contributed by atoms with Gasteiger partial charge in [0.1, 0.15) is 0 Å². The fourth-order valence-electron chi connectivity index (χ4n) is 4.53. The van der Waals surface area contributed by atoms with Crippen molar-refractivity contribution in [2.24, 2.45) is 16.7 Å². The monoisotopic (exact) mass is 254 g/mol. The third kappa shape index (κ3) is 1.93. The molecule has 3 nitrogen and oxygen atoms in total. The van der Waals surface area contributed by atoms with Gasteiger partial charge >= 0.3 is 0 Å². The maximum absolute atomic E-state index is 9.76. The summed E-state index contributed by atoms with van der Waals surface area (Å²) in [6, 6.07) is 0. The number of aliphatic hydroxyl groups is 3. The molecule has 3 N–H and O–H groups in total. The molecule has 0 aromatic heterocycles. The molecule has 0 spiro atoms. The van der Waals surface area contributed by atoms with Gasteiger partial charge in [0, 0.05) is 6.61 Å². The van der Waals surface area contributed by atoms with Gasteiger partial charge in [0.05, 0.1) is 13.2 Å². The minimum absolute atomic E-state index is 0.0333. The predicted molar refractivity (Wildman–Crippen MR) is 71.1 cm³/mol. The number of hydrogen-bond acceptors (Lipinski definition) is 3. The molecule has 0 radical (unpaired) electrons. The van der Waals surface area contributed by atoms with Crippen LogP contribution in [-0.4, -0.2) is 35.1 Å². The Balaban J connectivity index is 2.43. The second-order valence-corrected chi connectivity index (χ2v) is 6.57. The number of aliphatic hydroxyl groups excluding tert-OH is 3. The molecule has 0 aromatic carbocycles. The highest BCUT2D eigenvalue weighted by Gasteiger charge is 2.51. The van der Waals surface area contributed by atoms with Crippen LogP contribution >= 0.6 is 0 Å². The molecular formula is C15H26O3. The van der Waals surface area contributed by atoms with Crippen molar-refractivity contribution in [1.29, 1.82) is 0 Å². The molecule has 2 aliphatic rings. The largest absolute Gasteiger partial charge is 0.396 e. The molecule has 1 saturated carbocycles. The van der Waals surface area contributed by atoms with E-state index in [1.54, 1.807) is 0 Å². The van der Waals surface area contributed by atoms with Crippen LogP contribution < -0.4 is 0 Å². The highest BCUT2D eigenvalue weighted by molar-refractivity contribution is 5.29. The summed E-state index contributed by atoms with van der Waals surface area (Å²) in [5.41, 5.74) is 1.99. The van der Waals surface area contributed by atoms with E-state index in [1.165, 1.54) is 0 Å². The summed E-state index contributed by atoms with van der Waals surface area (Å²) in [7, 11) is 0. The summed E-state index contributed by atoms with van der Waals surface area (Å²) >= 11 is 0. The first kappa shape index (κ1) is 14.0. The molecule has 2 aliphatic carbocycles. The van der Waals surface area contributed by atoms with E-state index in [-0.39, 0.29) is 30.7 Å². The van der Waals surface area contributed by atoms with Gasteiger partial charge in [0.15, 0.2) is 0 Å². The van der Waals surface area contributed by atoms with Gasteiger partial charge in [-0.3, -0.25) is 0 Å². The van der Waals surface area contributed by atoms with Crippen molar-refractivity contribution < 1.29 is 15.3 Å². The smallest absolute Gasteiger partial charge is 0.0650 e. The van der Waals surface area contributed by atoms with Crippen LogP contribution in [0.3, 0.4) is 0 Å². The summed E-state index contributed by atoms with van der Waals surface area (Å²) in [6.07, 6.45) is 5.10. The zero-order valence-corrected chi connectivity index (χ0v) is 11.6. The Hall–Kier alpha value is -0.380. The molecule has 0 heterocycles. The van der Waals surface area contributed by atoms with E-state index in [9.17, 15) is 15.3 Å². The quantitative estimate of drug-likeness (QED) is 0.674. The minimum Gasteiger partial charge on any atom is -0.396 e. The van der Waals surface area contributed by atoms with Crippen molar-refractivity contribution in [3.63, 3.8) is 0 Å². The molecule has 1 fully saturated rings. The average Bonchev–Trinajstić information content (AvgIpc) is 2.37. The highest BCUT2D eigenvalue weighted by atomic mass is 16.3. The Morgan fingerprint density at radius 3 is 2.39 bits per heavy atom. The van der Waals surface area contributed by atoms with Gasteiger partial charge in [-0.1, -0.05) is 20.3 Å². The average molecular weight is 254 g/mol. The molecule has 18 heavy (non-hydrogen) atoms. The first-order valence-corrected chi connectivity index (χ1v) is 7.06. The Morgan fingerprint density at radius 2 is 1.83 bits per heavy atom. The number of hydrogen-bond donors (Lipinski definition) is 3. The Labute approximate surface area is 110 Å². The summed E-state index contributed by atoms with van der Waals surface area (Å²) in [4.78, 5) is 0. The van der Waals surface area contributed by atoms with Crippen LogP contribution in [0.25, 0.3) is 0 Å². The van der Waals surface area contributed by atoms with Gasteiger partial charge in [-0.05, 0) is 53.6 Å². The van der Waals surface area contributed by atoms with E-state index >= 15 is 0 Å². The van der Waals surface area contributed by atoms with E-state index in [1.807, 2.05) is 0 Å². The van der Waals surface area contributed by atoms with Crippen LogP contribution in [0.5, 0.6) is 0 Å². The van der Waals surface area contributed by atoms with Crippen molar-refractivity contribution in [3.8, 4) is 0 Å². The molecule has 0 amide bonds. The van der Waals surface area contributed by atoms with Gasteiger partial charge in [-0.25, -0.2) is 0 Å². The molecule has 0 aliphatic heterocycles. The second kappa shape index (κ2) is 4.95. The second-order valence-electron chi connectivity index (χ2n) is 6.57. The van der Waals surface area contributed by atoms with E-state index < -0.39 is 0 Å². The van der Waals surface area contributed by atoms with Crippen LogP contribution in [0.1, 0.15) is 46.0 Å². The summed E-state index contributed by atoms with van der Waals surface area (Å²) in [5, 5.41) is 28.9. The lowest BCUT2D eigenvalue weighted by Crippen LogP contribution is -2.49. The van der Waals surface area contributed by atoms with Gasteiger partial charge in [0.2, 0.25) is 0 Å².